The summed E-state index contributed by atoms with van der Waals surface area (Å²) in [5, 5.41) is 23.0. The Morgan fingerprint density at radius 2 is 0.971 bits per heavy atom. The van der Waals surface area contributed by atoms with Crippen molar-refractivity contribution in [2.45, 2.75) is 139 Å². The van der Waals surface area contributed by atoms with E-state index in [0.717, 1.165) is 49.7 Å². The maximum absolute atomic E-state index is 14.1. The van der Waals surface area contributed by atoms with E-state index in [4.69, 9.17) is 0 Å². The molecule has 4 aliphatic rings. The minimum absolute atomic E-state index is 0.104. The third kappa shape index (κ3) is 14.1. The van der Waals surface area contributed by atoms with Crippen molar-refractivity contribution >= 4 is 47.3 Å². The minimum Gasteiger partial charge on any atom is -0.353 e. The average Bonchev–Trinajstić information content (AvgIpc) is 4.08. The van der Waals surface area contributed by atoms with Gasteiger partial charge >= 0.3 is 0 Å². The van der Waals surface area contributed by atoms with Crippen LogP contribution < -0.4 is 42.5 Å². The number of hydrogen-bond donors (Lipinski definition) is 8. The van der Waals surface area contributed by atoms with E-state index >= 15 is 0 Å². The number of benzene rings is 2. The summed E-state index contributed by atoms with van der Waals surface area (Å²) in [7, 11) is 3.23. The van der Waals surface area contributed by atoms with Crippen LogP contribution in [0.1, 0.15) is 112 Å². The van der Waals surface area contributed by atoms with Crippen molar-refractivity contribution < 1.29 is 38.4 Å². The van der Waals surface area contributed by atoms with E-state index in [9.17, 15) is 38.4 Å². The molecule has 2 aromatic rings. The molecule has 18 nitrogen and oxygen atoms in total. The molecule has 0 aromatic heterocycles. The number of allylic oxidation sites excluding steroid dienone is 2. The van der Waals surface area contributed by atoms with Crippen molar-refractivity contribution in [3.05, 3.63) is 95.1 Å². The quantitative estimate of drug-likeness (QED) is 0.0843. The van der Waals surface area contributed by atoms with Gasteiger partial charge in [0.25, 0.3) is 0 Å². The molecule has 8 amide bonds. The van der Waals surface area contributed by atoms with Crippen LogP contribution in [0.5, 0.6) is 0 Å². The van der Waals surface area contributed by atoms with E-state index in [1.165, 1.54) is 20.9 Å². The molecule has 2 heterocycles. The first kappa shape index (κ1) is 53.0. The Morgan fingerprint density at radius 3 is 1.37 bits per heavy atom. The Labute approximate surface area is 411 Å². The summed E-state index contributed by atoms with van der Waals surface area (Å²) in [6, 6.07) is 10.7. The molecule has 8 N–H and O–H groups in total. The van der Waals surface area contributed by atoms with Gasteiger partial charge in [0.1, 0.15) is 24.2 Å². The lowest BCUT2D eigenvalue weighted by Gasteiger charge is -2.31. The maximum Gasteiger partial charge on any atom is 0.246 e. The lowest BCUT2D eigenvalue weighted by atomic mass is 9.87. The van der Waals surface area contributed by atoms with Crippen LogP contribution in [0.25, 0.3) is 0 Å². The normalized spacial score (nSPS) is 21.4. The molecule has 18 heteroatoms. The zero-order valence-electron chi connectivity index (χ0n) is 41.0. The van der Waals surface area contributed by atoms with Crippen LogP contribution in [0.4, 0.5) is 0 Å². The monoisotopic (exact) mass is 965 g/mol. The fraction of sp³-hybridized carbons (Fsp3) is 0.538. The Kier molecular flexibility index (Phi) is 19.7. The molecule has 2 aromatic carbocycles. The van der Waals surface area contributed by atoms with Crippen LogP contribution in [-0.4, -0.2) is 134 Å². The second-order valence-corrected chi connectivity index (χ2v) is 18.7. The molecular weight excluding hydrogens is 893 g/mol. The van der Waals surface area contributed by atoms with Gasteiger partial charge in [-0.05, 0) is 114 Å². The van der Waals surface area contributed by atoms with Crippen LogP contribution in [0, 0.1) is 0 Å². The zero-order valence-corrected chi connectivity index (χ0v) is 41.0. The van der Waals surface area contributed by atoms with Gasteiger partial charge in [0, 0.05) is 26.2 Å². The average molecular weight is 965 g/mol. The number of hydrogen-bond acceptors (Lipinski definition) is 10. The van der Waals surface area contributed by atoms with Crippen molar-refractivity contribution in [1.82, 2.24) is 52.3 Å². The van der Waals surface area contributed by atoms with Gasteiger partial charge < -0.3 is 52.3 Å². The fourth-order valence-electron chi connectivity index (χ4n) is 9.76. The van der Waals surface area contributed by atoms with Crippen molar-refractivity contribution in [2.24, 2.45) is 0 Å². The molecule has 0 unspecified atom stereocenters. The smallest absolute Gasteiger partial charge is 0.246 e. The minimum atomic E-state index is -1.20. The Morgan fingerprint density at radius 1 is 0.571 bits per heavy atom. The summed E-state index contributed by atoms with van der Waals surface area (Å²) in [4.78, 5) is 111. The number of amides is 8. The number of nitrogens with one attached hydrogen (secondary N) is 8. The number of aryl methyl sites for hydroxylation is 2. The number of likely N-dealkylation sites (N-methyl/N-ethyl adjacent to an activating group) is 2. The van der Waals surface area contributed by atoms with Crippen molar-refractivity contribution in [3.63, 3.8) is 0 Å². The van der Waals surface area contributed by atoms with E-state index in [-0.39, 0.29) is 49.8 Å². The number of carbonyl (C=O) groups excluding carboxylic acids is 8. The molecule has 0 spiro atoms. The van der Waals surface area contributed by atoms with Crippen LogP contribution in [-0.2, 0) is 51.2 Å². The SMILES string of the molecule is CN[C@@H](C)C(=O)N[C@@H](CC(=O)NCC=CC=CCNC(=O)C[C@H](NC(=O)[C@H](C)NC)C(=O)N1CCC[C@H]1C(=O)N[C@@H]1CCCc2ccccc21)C(=O)N1CCC[C@H]1C(=O)N[C@@H]1CCCc2ccccc21. The predicted molar refractivity (Wildman–Crippen MR) is 264 cm³/mol. The molecule has 2 fully saturated rings. The first-order valence-electron chi connectivity index (χ1n) is 25.0. The molecule has 0 radical (unpaired) electrons. The van der Waals surface area contributed by atoms with Gasteiger partial charge in [0.2, 0.25) is 47.3 Å². The highest BCUT2D eigenvalue weighted by molar-refractivity contribution is 5.97. The van der Waals surface area contributed by atoms with Gasteiger partial charge in [-0.2, -0.15) is 0 Å². The predicted octanol–water partition coefficient (Wildman–Crippen LogP) is 1.67. The molecule has 2 aliphatic carbocycles. The Bertz CT molecular complexity index is 2110. The topological polar surface area (TPSA) is 239 Å². The molecule has 2 aliphatic heterocycles. The zero-order chi connectivity index (χ0) is 50.2. The van der Waals surface area contributed by atoms with Crippen LogP contribution >= 0.6 is 0 Å². The van der Waals surface area contributed by atoms with Gasteiger partial charge in [0.15, 0.2) is 0 Å². The molecule has 0 saturated carbocycles. The first-order valence-corrected chi connectivity index (χ1v) is 25.0. The molecular formula is C52H72N10O8. The number of fused-ring (bicyclic) bond motifs is 2. The number of nitrogens with zero attached hydrogens (tertiary/aromatic N) is 2. The third-order valence-electron chi connectivity index (χ3n) is 13.9. The van der Waals surface area contributed by atoms with Crippen molar-refractivity contribution in [2.75, 3.05) is 40.3 Å². The van der Waals surface area contributed by atoms with Gasteiger partial charge in [0.05, 0.1) is 37.0 Å². The molecule has 6 rings (SSSR count). The largest absolute Gasteiger partial charge is 0.353 e. The highest BCUT2D eigenvalue weighted by Gasteiger charge is 2.41. The van der Waals surface area contributed by atoms with Gasteiger partial charge in [-0.3, -0.25) is 38.4 Å². The summed E-state index contributed by atoms with van der Waals surface area (Å²) in [5.74, 6) is -3.36. The van der Waals surface area contributed by atoms with E-state index in [1.807, 2.05) is 36.4 Å². The number of likely N-dealkylation sites (tertiary alicyclic amines) is 2. The van der Waals surface area contributed by atoms with Crippen LogP contribution in [0.15, 0.2) is 72.8 Å². The second-order valence-electron chi connectivity index (χ2n) is 18.7. The fourth-order valence-corrected chi connectivity index (χ4v) is 9.76. The highest BCUT2D eigenvalue weighted by Crippen LogP contribution is 2.32. The summed E-state index contributed by atoms with van der Waals surface area (Å²) in [6.45, 7) is 4.14. The number of carbonyl (C=O) groups is 8. The van der Waals surface area contributed by atoms with Crippen molar-refractivity contribution in [3.8, 4) is 0 Å². The lowest BCUT2D eigenvalue weighted by molar-refractivity contribution is -0.143. The van der Waals surface area contributed by atoms with E-state index < -0.39 is 71.7 Å². The van der Waals surface area contributed by atoms with Crippen LogP contribution in [0.2, 0.25) is 0 Å². The summed E-state index contributed by atoms with van der Waals surface area (Å²) in [5.41, 5.74) is 4.59. The summed E-state index contributed by atoms with van der Waals surface area (Å²) >= 11 is 0. The third-order valence-corrected chi connectivity index (χ3v) is 13.9. The standard InChI is InChI=1S/C52H72N10O8/c1-33(53-3)47(65)59-41(51(69)61-29-15-25-43(61)49(67)57-39-23-13-19-35-17-7-9-21-37(35)39)31-45(63)55-27-11-5-6-12-28-56-46(64)32-42(60-48(66)34(2)54-4)52(70)62-30-16-26-44(62)50(68)58-40-24-14-20-36-18-8-10-22-38(36)40/h5-12,17-18,21-22,33-34,39-44,53-54H,13-16,19-20,23-32H2,1-4H3,(H,55,63)(H,56,64)(H,57,67)(H,58,68)(H,59,65)(H,60,66)/t33-,34-,39+,40+,41-,42-,43-,44-/m0/s1. The Balaban J connectivity index is 0.977. The molecule has 8 atom stereocenters. The van der Waals surface area contributed by atoms with Gasteiger partial charge in [-0.25, -0.2) is 0 Å². The maximum atomic E-state index is 14.1. The lowest BCUT2D eigenvalue weighted by Crippen LogP contribution is -2.56. The molecule has 2 saturated heterocycles. The molecule has 378 valence electrons. The Hall–Kier alpha value is -6.40. The van der Waals surface area contributed by atoms with E-state index in [0.29, 0.717) is 38.8 Å². The molecule has 70 heavy (non-hydrogen) atoms. The number of rotatable bonds is 21. The molecule has 0 bridgehead atoms. The highest BCUT2D eigenvalue weighted by atomic mass is 16.2. The summed E-state index contributed by atoms with van der Waals surface area (Å²) < 4.78 is 0. The summed E-state index contributed by atoms with van der Waals surface area (Å²) in [6.07, 6.45) is 13.5. The second kappa shape index (κ2) is 26.0. The van der Waals surface area contributed by atoms with E-state index in [2.05, 4.69) is 54.7 Å². The van der Waals surface area contributed by atoms with Gasteiger partial charge in [-0.15, -0.1) is 0 Å². The van der Waals surface area contributed by atoms with Crippen molar-refractivity contribution in [1.29, 1.82) is 0 Å². The first-order chi connectivity index (χ1) is 33.8. The van der Waals surface area contributed by atoms with Crippen LogP contribution in [0.3, 0.4) is 0 Å². The van der Waals surface area contributed by atoms with E-state index in [1.54, 1.807) is 52.2 Å². The van der Waals surface area contributed by atoms with Gasteiger partial charge in [-0.1, -0.05) is 72.8 Å².